The molecule has 1 N–H and O–H groups in total. The zero-order valence-electron chi connectivity index (χ0n) is 8.72. The molecule has 1 aliphatic rings. The van der Waals surface area contributed by atoms with Crippen molar-refractivity contribution in [2.45, 2.75) is 31.4 Å². The number of imidazole rings is 1. The molecular weight excluding hydrogens is 194 g/mol. The number of methoxy groups -OCH3 is 1. The van der Waals surface area contributed by atoms with Gasteiger partial charge >= 0.3 is 6.03 Å². The number of nitrogens with zero attached hydrogens (tertiary/aromatic N) is 2. The van der Waals surface area contributed by atoms with E-state index in [4.69, 9.17) is 4.74 Å². The molecule has 5 heteroatoms. The predicted octanol–water partition coefficient (Wildman–Crippen LogP) is 1.01. The summed E-state index contributed by atoms with van der Waals surface area (Å²) in [6.45, 7) is 0. The van der Waals surface area contributed by atoms with E-state index in [2.05, 4.69) is 10.3 Å². The van der Waals surface area contributed by atoms with E-state index in [1.54, 1.807) is 19.5 Å². The van der Waals surface area contributed by atoms with Crippen molar-refractivity contribution in [2.75, 3.05) is 7.11 Å². The van der Waals surface area contributed by atoms with Gasteiger partial charge in [-0.05, 0) is 19.3 Å². The topological polar surface area (TPSA) is 56.1 Å². The van der Waals surface area contributed by atoms with Crippen LogP contribution >= 0.6 is 0 Å². The number of amides is 1. The van der Waals surface area contributed by atoms with E-state index < -0.39 is 0 Å². The fourth-order valence-corrected chi connectivity index (χ4v) is 1.91. The molecule has 2 atom stereocenters. The van der Waals surface area contributed by atoms with Crippen molar-refractivity contribution in [3.05, 3.63) is 18.7 Å². The van der Waals surface area contributed by atoms with Gasteiger partial charge in [0.1, 0.15) is 6.33 Å². The fourth-order valence-electron chi connectivity index (χ4n) is 1.91. The van der Waals surface area contributed by atoms with Crippen LogP contribution in [0.3, 0.4) is 0 Å². The molecule has 15 heavy (non-hydrogen) atoms. The minimum atomic E-state index is -0.116. The van der Waals surface area contributed by atoms with Crippen molar-refractivity contribution < 1.29 is 9.53 Å². The maximum Gasteiger partial charge on any atom is 0.327 e. The van der Waals surface area contributed by atoms with E-state index in [1.165, 1.54) is 10.9 Å². The lowest BCUT2D eigenvalue weighted by molar-refractivity contribution is 0.107. The highest BCUT2D eigenvalue weighted by molar-refractivity contribution is 5.76. The van der Waals surface area contributed by atoms with Gasteiger partial charge in [0.25, 0.3) is 0 Å². The zero-order valence-corrected chi connectivity index (χ0v) is 8.72. The van der Waals surface area contributed by atoms with E-state index in [9.17, 15) is 4.79 Å². The Hall–Kier alpha value is -1.36. The highest BCUT2D eigenvalue weighted by Crippen LogP contribution is 2.21. The van der Waals surface area contributed by atoms with Gasteiger partial charge in [-0.15, -0.1) is 0 Å². The summed E-state index contributed by atoms with van der Waals surface area (Å²) in [6, 6.07) is 0.110. The second-order valence-corrected chi connectivity index (χ2v) is 3.79. The molecule has 1 saturated carbocycles. The molecule has 1 heterocycles. The fraction of sp³-hybridized carbons (Fsp3) is 0.600. The number of aromatic nitrogens is 2. The summed E-state index contributed by atoms with van der Waals surface area (Å²) in [5.74, 6) is 0. The van der Waals surface area contributed by atoms with Gasteiger partial charge in [0, 0.05) is 25.5 Å². The molecule has 5 nitrogen and oxygen atoms in total. The van der Waals surface area contributed by atoms with Crippen molar-refractivity contribution in [3.8, 4) is 0 Å². The molecule has 1 fully saturated rings. The third-order valence-corrected chi connectivity index (χ3v) is 2.78. The first-order chi connectivity index (χ1) is 7.29. The average molecular weight is 209 g/mol. The van der Waals surface area contributed by atoms with Crippen molar-refractivity contribution in [2.24, 2.45) is 0 Å². The molecule has 0 aromatic carbocycles. The lowest BCUT2D eigenvalue weighted by Crippen LogP contribution is -2.36. The van der Waals surface area contributed by atoms with Crippen LogP contribution in [0.4, 0.5) is 4.79 Å². The van der Waals surface area contributed by atoms with Crippen molar-refractivity contribution in [1.29, 1.82) is 0 Å². The minimum Gasteiger partial charge on any atom is -0.381 e. The number of carbonyl (C=O) groups is 1. The van der Waals surface area contributed by atoms with Gasteiger partial charge in [0.2, 0.25) is 0 Å². The van der Waals surface area contributed by atoms with E-state index in [1.807, 2.05) is 0 Å². The Morgan fingerprint density at radius 1 is 1.60 bits per heavy atom. The maximum atomic E-state index is 11.6. The summed E-state index contributed by atoms with van der Waals surface area (Å²) in [5.41, 5.74) is 0. The number of hydrogen-bond acceptors (Lipinski definition) is 3. The van der Waals surface area contributed by atoms with Crippen molar-refractivity contribution in [3.63, 3.8) is 0 Å². The molecular formula is C10H15N3O2. The number of ether oxygens (including phenoxy) is 1. The molecule has 1 aliphatic carbocycles. The summed E-state index contributed by atoms with van der Waals surface area (Å²) in [4.78, 5) is 15.5. The van der Waals surface area contributed by atoms with Crippen LogP contribution in [0.5, 0.6) is 0 Å². The molecule has 0 aliphatic heterocycles. The van der Waals surface area contributed by atoms with Gasteiger partial charge in [-0.2, -0.15) is 0 Å². The van der Waals surface area contributed by atoms with E-state index in [0.29, 0.717) is 0 Å². The van der Waals surface area contributed by atoms with E-state index >= 15 is 0 Å². The molecule has 1 aromatic rings. The molecule has 0 radical (unpaired) electrons. The smallest absolute Gasteiger partial charge is 0.327 e. The minimum absolute atomic E-state index is 0.116. The SMILES string of the molecule is COC1CCC(NC(=O)n2ccnc2)C1. The summed E-state index contributed by atoms with van der Waals surface area (Å²) >= 11 is 0. The van der Waals surface area contributed by atoms with Crippen LogP contribution in [-0.4, -0.2) is 34.8 Å². The van der Waals surface area contributed by atoms with E-state index in [0.717, 1.165) is 19.3 Å². The number of nitrogens with one attached hydrogen (secondary N) is 1. The second kappa shape index (κ2) is 4.44. The van der Waals surface area contributed by atoms with E-state index in [-0.39, 0.29) is 18.2 Å². The first-order valence-electron chi connectivity index (χ1n) is 5.11. The van der Waals surface area contributed by atoms with Crippen LogP contribution in [0.2, 0.25) is 0 Å². The van der Waals surface area contributed by atoms with Gasteiger partial charge in [-0.3, -0.25) is 4.57 Å². The zero-order chi connectivity index (χ0) is 10.7. The van der Waals surface area contributed by atoms with Crippen LogP contribution < -0.4 is 5.32 Å². The number of carbonyl (C=O) groups excluding carboxylic acids is 1. The average Bonchev–Trinajstić information content (AvgIpc) is 2.87. The van der Waals surface area contributed by atoms with Gasteiger partial charge in [-0.1, -0.05) is 0 Å². The Morgan fingerprint density at radius 3 is 3.07 bits per heavy atom. The molecule has 82 valence electrons. The summed E-state index contributed by atoms with van der Waals surface area (Å²) in [5, 5.41) is 2.95. The first-order valence-corrected chi connectivity index (χ1v) is 5.11. The Labute approximate surface area is 88.4 Å². The number of rotatable bonds is 2. The van der Waals surface area contributed by atoms with Crippen LogP contribution in [0.1, 0.15) is 19.3 Å². The third kappa shape index (κ3) is 2.36. The summed E-state index contributed by atoms with van der Waals surface area (Å²) in [7, 11) is 1.71. The van der Waals surface area contributed by atoms with Crippen molar-refractivity contribution >= 4 is 6.03 Å². The molecule has 1 amide bonds. The predicted molar refractivity (Wildman–Crippen MR) is 54.6 cm³/mol. The van der Waals surface area contributed by atoms with Crippen molar-refractivity contribution in [1.82, 2.24) is 14.9 Å². The van der Waals surface area contributed by atoms with Crippen LogP contribution in [-0.2, 0) is 4.74 Å². The Bertz CT molecular complexity index is 323. The normalized spacial score (nSPS) is 25.4. The lowest BCUT2D eigenvalue weighted by Gasteiger charge is -2.12. The van der Waals surface area contributed by atoms with Crippen LogP contribution in [0.25, 0.3) is 0 Å². The molecule has 0 bridgehead atoms. The monoisotopic (exact) mass is 209 g/mol. The largest absolute Gasteiger partial charge is 0.381 e. The van der Waals surface area contributed by atoms with Crippen LogP contribution in [0, 0.1) is 0 Å². The molecule has 0 saturated heterocycles. The number of hydrogen-bond donors (Lipinski definition) is 1. The summed E-state index contributed by atoms with van der Waals surface area (Å²) in [6.07, 6.45) is 7.92. The van der Waals surface area contributed by atoms with Gasteiger partial charge in [0.15, 0.2) is 0 Å². The molecule has 1 aromatic heterocycles. The molecule has 2 unspecified atom stereocenters. The molecule has 0 spiro atoms. The highest BCUT2D eigenvalue weighted by atomic mass is 16.5. The molecule has 2 rings (SSSR count). The summed E-state index contributed by atoms with van der Waals surface area (Å²) < 4.78 is 6.69. The Balaban J connectivity index is 1.86. The lowest BCUT2D eigenvalue weighted by atomic mass is 10.2. The Kier molecular flexibility index (Phi) is 3.01. The third-order valence-electron chi connectivity index (χ3n) is 2.78. The van der Waals surface area contributed by atoms with Gasteiger partial charge < -0.3 is 10.1 Å². The quantitative estimate of drug-likeness (QED) is 0.790. The first kappa shape index (κ1) is 10.2. The van der Waals surface area contributed by atoms with Gasteiger partial charge in [-0.25, -0.2) is 9.78 Å². The van der Waals surface area contributed by atoms with Crippen LogP contribution in [0.15, 0.2) is 18.7 Å². The second-order valence-electron chi connectivity index (χ2n) is 3.79. The standard InChI is InChI=1S/C10H15N3O2/c1-15-9-3-2-8(6-9)12-10(14)13-5-4-11-7-13/h4-5,7-9H,2-3,6H2,1H3,(H,12,14). The highest BCUT2D eigenvalue weighted by Gasteiger charge is 2.25. The Morgan fingerprint density at radius 2 is 2.47 bits per heavy atom. The maximum absolute atomic E-state index is 11.6. The van der Waals surface area contributed by atoms with Gasteiger partial charge in [0.05, 0.1) is 6.10 Å².